The van der Waals surface area contributed by atoms with Crippen molar-refractivity contribution in [2.24, 2.45) is 0 Å². The van der Waals surface area contributed by atoms with E-state index < -0.39 is 9.76 Å². The van der Waals surface area contributed by atoms with Gasteiger partial charge in [0.05, 0.1) is 0 Å². The van der Waals surface area contributed by atoms with Gasteiger partial charge in [-0.1, -0.05) is 23.6 Å². The van der Waals surface area contributed by atoms with Crippen LogP contribution in [0.5, 0.6) is 0 Å². The first-order valence-electron chi connectivity index (χ1n) is 5.44. The van der Waals surface area contributed by atoms with Crippen LogP contribution in [-0.2, 0) is 4.43 Å². The number of rotatable bonds is 3. The van der Waals surface area contributed by atoms with Gasteiger partial charge in [0.2, 0.25) is 0 Å². The van der Waals surface area contributed by atoms with Gasteiger partial charge in [-0.15, -0.1) is 6.42 Å². The lowest BCUT2D eigenvalue weighted by molar-refractivity contribution is 0.0945. The summed E-state index contributed by atoms with van der Waals surface area (Å²) in [6, 6.07) is 0. The smallest absolute Gasteiger partial charge is 0.187 e. The van der Waals surface area contributed by atoms with Gasteiger partial charge < -0.3 is 4.43 Å². The molecule has 78 valence electrons. The molecule has 14 heavy (non-hydrogen) atoms. The maximum atomic E-state index is 5.96. The topological polar surface area (TPSA) is 9.23 Å². The van der Waals surface area contributed by atoms with Crippen molar-refractivity contribution in [1.82, 2.24) is 0 Å². The van der Waals surface area contributed by atoms with Crippen LogP contribution in [0.4, 0.5) is 0 Å². The summed E-state index contributed by atoms with van der Waals surface area (Å²) < 4.78 is 5.96. The molecule has 0 aromatic heterocycles. The van der Waals surface area contributed by atoms with Crippen LogP contribution in [0.25, 0.3) is 0 Å². The molecule has 0 N–H and O–H groups in total. The molecule has 1 aliphatic carbocycles. The molecule has 0 amide bonds. The van der Waals surface area contributed by atoms with E-state index in [0.717, 1.165) is 12.8 Å². The normalized spacial score (nSPS) is 20.6. The zero-order valence-electron chi connectivity index (χ0n) is 9.31. The number of hydrogen-bond donors (Lipinski definition) is 0. The molecule has 0 bridgehead atoms. The summed E-state index contributed by atoms with van der Waals surface area (Å²) in [7, 11) is -0.553. The van der Waals surface area contributed by atoms with E-state index in [9.17, 15) is 0 Å². The second kappa shape index (κ2) is 5.38. The molecule has 1 fully saturated rings. The van der Waals surface area contributed by atoms with Crippen molar-refractivity contribution >= 4 is 9.76 Å². The molecule has 0 heterocycles. The van der Waals surface area contributed by atoms with Crippen molar-refractivity contribution < 1.29 is 4.43 Å². The van der Waals surface area contributed by atoms with Crippen LogP contribution in [0, 0.1) is 12.3 Å². The van der Waals surface area contributed by atoms with Crippen LogP contribution in [0.15, 0.2) is 11.3 Å². The van der Waals surface area contributed by atoms with Crippen LogP contribution in [0.3, 0.4) is 0 Å². The van der Waals surface area contributed by atoms with Gasteiger partial charge in [-0.3, -0.25) is 0 Å². The van der Waals surface area contributed by atoms with Crippen LogP contribution in [0.1, 0.15) is 46.0 Å². The van der Waals surface area contributed by atoms with Gasteiger partial charge in [-0.2, -0.15) is 0 Å². The summed E-state index contributed by atoms with van der Waals surface area (Å²) in [6.07, 6.45) is 11.5. The number of allylic oxidation sites excluding steroid dienone is 1. The molecule has 0 radical (unpaired) electrons. The van der Waals surface area contributed by atoms with Crippen LogP contribution in [-0.4, -0.2) is 15.4 Å². The molecular formula is C12H20OSi. The van der Waals surface area contributed by atoms with E-state index in [1.807, 2.05) is 0 Å². The van der Waals surface area contributed by atoms with Gasteiger partial charge in [0.15, 0.2) is 9.76 Å². The SMILES string of the molecule is C#CC1(O[SiH2]C=C(C)C)CCCCC1. The molecule has 0 unspecified atom stereocenters. The van der Waals surface area contributed by atoms with Gasteiger partial charge in [0.1, 0.15) is 5.60 Å². The fourth-order valence-electron chi connectivity index (χ4n) is 1.82. The first-order chi connectivity index (χ1) is 6.68. The van der Waals surface area contributed by atoms with Crippen molar-refractivity contribution in [2.75, 3.05) is 0 Å². The van der Waals surface area contributed by atoms with Gasteiger partial charge in [0, 0.05) is 0 Å². The Morgan fingerprint density at radius 2 is 2.00 bits per heavy atom. The molecule has 1 aliphatic rings. The molecule has 0 aliphatic heterocycles. The highest BCUT2D eigenvalue weighted by Crippen LogP contribution is 2.30. The van der Waals surface area contributed by atoms with Crippen molar-refractivity contribution in [3.8, 4) is 12.3 Å². The molecule has 0 aromatic carbocycles. The first-order valence-corrected chi connectivity index (χ1v) is 6.83. The van der Waals surface area contributed by atoms with Gasteiger partial charge in [-0.05, 0) is 39.5 Å². The lowest BCUT2D eigenvalue weighted by Crippen LogP contribution is -2.34. The summed E-state index contributed by atoms with van der Waals surface area (Å²) in [5.74, 6) is 2.87. The average Bonchev–Trinajstić information content (AvgIpc) is 2.19. The standard InChI is InChI=1S/C12H20OSi/c1-4-12(8-6-5-7-9-12)13-14-10-11(2)3/h1,10H,5-9,14H2,2-3H3. The summed E-state index contributed by atoms with van der Waals surface area (Å²) in [5, 5.41) is 0. The van der Waals surface area contributed by atoms with E-state index in [4.69, 9.17) is 10.8 Å². The summed E-state index contributed by atoms with van der Waals surface area (Å²) in [6.45, 7) is 4.22. The van der Waals surface area contributed by atoms with Crippen molar-refractivity contribution in [2.45, 2.75) is 51.6 Å². The van der Waals surface area contributed by atoms with E-state index in [1.54, 1.807) is 0 Å². The third-order valence-electron chi connectivity index (χ3n) is 2.78. The zero-order valence-corrected chi connectivity index (χ0v) is 10.7. The summed E-state index contributed by atoms with van der Waals surface area (Å²) in [4.78, 5) is 0. The maximum absolute atomic E-state index is 5.96. The summed E-state index contributed by atoms with van der Waals surface area (Å²) in [5.41, 5.74) is 3.38. The predicted octanol–water partition coefficient (Wildman–Crippen LogP) is 2.35. The minimum atomic E-state index is -0.553. The number of hydrogen-bond acceptors (Lipinski definition) is 1. The monoisotopic (exact) mass is 208 g/mol. The Balaban J connectivity index is 2.45. The molecule has 0 aromatic rings. The maximum Gasteiger partial charge on any atom is 0.187 e. The van der Waals surface area contributed by atoms with E-state index in [-0.39, 0.29) is 5.60 Å². The Morgan fingerprint density at radius 1 is 1.36 bits per heavy atom. The Labute approximate surface area is 89.9 Å². The van der Waals surface area contributed by atoms with Crippen LogP contribution in [0.2, 0.25) is 0 Å². The molecular weight excluding hydrogens is 188 g/mol. The highest BCUT2D eigenvalue weighted by atomic mass is 28.2. The molecule has 1 rings (SSSR count). The Morgan fingerprint density at radius 3 is 2.50 bits per heavy atom. The molecule has 0 saturated heterocycles. The average molecular weight is 208 g/mol. The second-order valence-electron chi connectivity index (χ2n) is 4.29. The van der Waals surface area contributed by atoms with Crippen molar-refractivity contribution in [3.63, 3.8) is 0 Å². The Hall–Kier alpha value is -0.523. The largest absolute Gasteiger partial charge is 0.403 e. The Kier molecular flexibility index (Phi) is 4.44. The lowest BCUT2D eigenvalue weighted by Gasteiger charge is -2.32. The molecule has 1 nitrogen and oxygen atoms in total. The van der Waals surface area contributed by atoms with E-state index in [2.05, 4.69) is 25.5 Å². The fraction of sp³-hybridized carbons (Fsp3) is 0.667. The van der Waals surface area contributed by atoms with Crippen LogP contribution < -0.4 is 0 Å². The molecule has 0 spiro atoms. The minimum absolute atomic E-state index is 0.198. The van der Waals surface area contributed by atoms with Gasteiger partial charge in [0.25, 0.3) is 0 Å². The second-order valence-corrected chi connectivity index (χ2v) is 5.32. The van der Waals surface area contributed by atoms with Crippen LogP contribution >= 0.6 is 0 Å². The van der Waals surface area contributed by atoms with Gasteiger partial charge in [-0.25, -0.2) is 0 Å². The fourth-order valence-corrected chi connectivity index (χ4v) is 2.93. The predicted molar refractivity (Wildman–Crippen MR) is 63.7 cm³/mol. The molecule has 2 heteroatoms. The first kappa shape index (κ1) is 11.6. The van der Waals surface area contributed by atoms with Crippen molar-refractivity contribution in [1.29, 1.82) is 0 Å². The van der Waals surface area contributed by atoms with Crippen molar-refractivity contribution in [3.05, 3.63) is 11.3 Å². The lowest BCUT2D eigenvalue weighted by atomic mass is 9.86. The summed E-state index contributed by atoms with van der Waals surface area (Å²) >= 11 is 0. The van der Waals surface area contributed by atoms with Gasteiger partial charge >= 0.3 is 0 Å². The highest BCUT2D eigenvalue weighted by molar-refractivity contribution is 6.34. The highest BCUT2D eigenvalue weighted by Gasteiger charge is 2.29. The third-order valence-corrected chi connectivity index (χ3v) is 4.48. The van der Waals surface area contributed by atoms with E-state index >= 15 is 0 Å². The molecule has 1 saturated carbocycles. The number of terminal acetylenes is 1. The minimum Gasteiger partial charge on any atom is -0.403 e. The Bertz CT molecular complexity index is 240. The van der Waals surface area contributed by atoms with E-state index in [0.29, 0.717) is 0 Å². The third kappa shape index (κ3) is 3.32. The van der Waals surface area contributed by atoms with E-state index in [1.165, 1.54) is 24.8 Å². The zero-order chi connectivity index (χ0) is 10.4. The molecule has 0 atom stereocenters. The quantitative estimate of drug-likeness (QED) is 0.511.